The minimum atomic E-state index is -0.343. The number of hydrogen-bond donors (Lipinski definition) is 1. The molecule has 1 aromatic heterocycles. The number of furan rings is 1. The highest BCUT2D eigenvalue weighted by Gasteiger charge is 2.23. The molecule has 1 N–H and O–H groups in total. The number of methoxy groups -OCH3 is 1. The van der Waals surface area contributed by atoms with Crippen LogP contribution in [0.2, 0.25) is 0 Å². The van der Waals surface area contributed by atoms with E-state index in [9.17, 15) is 9.59 Å². The van der Waals surface area contributed by atoms with Gasteiger partial charge in [0.2, 0.25) is 0 Å². The van der Waals surface area contributed by atoms with E-state index in [2.05, 4.69) is 10.2 Å². The van der Waals surface area contributed by atoms with Crippen LogP contribution in [0.1, 0.15) is 26.5 Å². The number of carbonyl (C=O) groups excluding carboxylic acids is 2. The van der Waals surface area contributed by atoms with Crippen LogP contribution < -0.4 is 15.0 Å². The van der Waals surface area contributed by atoms with Gasteiger partial charge in [-0.15, -0.1) is 0 Å². The molecule has 0 unspecified atom stereocenters. The molecule has 0 bridgehead atoms. The number of rotatable bonds is 5. The van der Waals surface area contributed by atoms with Crippen molar-refractivity contribution >= 4 is 23.2 Å². The van der Waals surface area contributed by atoms with E-state index >= 15 is 0 Å². The Kier molecular flexibility index (Phi) is 5.93. The van der Waals surface area contributed by atoms with Crippen LogP contribution >= 0.6 is 0 Å². The van der Waals surface area contributed by atoms with Crippen molar-refractivity contribution in [2.75, 3.05) is 43.5 Å². The van der Waals surface area contributed by atoms with Gasteiger partial charge < -0.3 is 24.3 Å². The first-order chi connectivity index (χ1) is 15.0. The standard InChI is InChI=1S/C24H25N3O4/c1-17-8-9-18(15-21(17)25-23(28)22-7-4-14-31-22)24(29)27-12-10-26(11-13-27)19-5-3-6-20(16-19)30-2/h3-9,14-16H,10-13H2,1-2H3,(H,25,28). The normalized spacial score (nSPS) is 13.7. The van der Waals surface area contributed by atoms with E-state index in [4.69, 9.17) is 9.15 Å². The predicted octanol–water partition coefficient (Wildman–Crippen LogP) is 3.81. The van der Waals surface area contributed by atoms with Crippen LogP contribution in [0.4, 0.5) is 11.4 Å². The first kappa shape index (κ1) is 20.5. The SMILES string of the molecule is COc1cccc(N2CCN(C(=O)c3ccc(C)c(NC(=O)c4ccco4)c3)CC2)c1. The number of ether oxygens (including phenoxy) is 1. The fourth-order valence-electron chi connectivity index (χ4n) is 3.64. The number of amides is 2. The number of hydrogen-bond acceptors (Lipinski definition) is 5. The average Bonchev–Trinajstić information content (AvgIpc) is 3.35. The van der Waals surface area contributed by atoms with Crippen molar-refractivity contribution in [3.63, 3.8) is 0 Å². The molecule has 7 heteroatoms. The van der Waals surface area contributed by atoms with Crippen molar-refractivity contribution < 1.29 is 18.7 Å². The Morgan fingerprint density at radius 2 is 1.81 bits per heavy atom. The topological polar surface area (TPSA) is 75.0 Å². The maximum absolute atomic E-state index is 13.1. The summed E-state index contributed by atoms with van der Waals surface area (Å²) in [5.74, 6) is 0.660. The monoisotopic (exact) mass is 419 g/mol. The largest absolute Gasteiger partial charge is 0.497 e. The lowest BCUT2D eigenvalue weighted by Gasteiger charge is -2.36. The summed E-state index contributed by atoms with van der Waals surface area (Å²) in [5.41, 5.74) is 3.11. The van der Waals surface area contributed by atoms with Crippen molar-refractivity contribution in [3.05, 3.63) is 77.7 Å². The Hall–Kier alpha value is -3.74. The quantitative estimate of drug-likeness (QED) is 0.681. The first-order valence-electron chi connectivity index (χ1n) is 10.2. The van der Waals surface area contributed by atoms with Gasteiger partial charge in [-0.1, -0.05) is 12.1 Å². The highest BCUT2D eigenvalue weighted by molar-refractivity contribution is 6.04. The number of anilines is 2. The van der Waals surface area contributed by atoms with Crippen LogP contribution in [-0.2, 0) is 0 Å². The number of carbonyl (C=O) groups is 2. The van der Waals surface area contributed by atoms with Crippen LogP contribution in [0, 0.1) is 6.92 Å². The minimum absolute atomic E-state index is 0.0428. The summed E-state index contributed by atoms with van der Waals surface area (Å²) >= 11 is 0. The highest BCUT2D eigenvalue weighted by atomic mass is 16.5. The van der Waals surface area contributed by atoms with Gasteiger partial charge in [0.1, 0.15) is 5.75 Å². The lowest BCUT2D eigenvalue weighted by molar-refractivity contribution is 0.0746. The summed E-state index contributed by atoms with van der Waals surface area (Å²) in [7, 11) is 1.66. The van der Waals surface area contributed by atoms with Gasteiger partial charge in [0, 0.05) is 49.2 Å². The van der Waals surface area contributed by atoms with E-state index in [0.717, 1.165) is 30.1 Å². The number of benzene rings is 2. The number of nitrogens with zero attached hydrogens (tertiary/aromatic N) is 2. The Labute approximate surface area is 181 Å². The molecule has 160 valence electrons. The van der Waals surface area contributed by atoms with E-state index in [1.165, 1.54) is 6.26 Å². The summed E-state index contributed by atoms with van der Waals surface area (Å²) in [6, 6.07) is 16.6. The molecular formula is C24H25N3O4. The molecular weight excluding hydrogens is 394 g/mol. The van der Waals surface area contributed by atoms with E-state index in [-0.39, 0.29) is 17.6 Å². The fourth-order valence-corrected chi connectivity index (χ4v) is 3.64. The Bertz CT molecular complexity index is 1070. The van der Waals surface area contributed by atoms with Crippen molar-refractivity contribution in [3.8, 4) is 5.75 Å². The molecule has 0 atom stereocenters. The van der Waals surface area contributed by atoms with E-state index in [1.54, 1.807) is 31.4 Å². The third kappa shape index (κ3) is 4.55. The van der Waals surface area contributed by atoms with E-state index < -0.39 is 0 Å². The second-order valence-electron chi connectivity index (χ2n) is 7.44. The summed E-state index contributed by atoms with van der Waals surface area (Å²) in [4.78, 5) is 29.5. The average molecular weight is 419 g/mol. The molecule has 1 saturated heterocycles. The molecule has 1 aliphatic rings. The van der Waals surface area contributed by atoms with Crippen LogP contribution in [0.25, 0.3) is 0 Å². The lowest BCUT2D eigenvalue weighted by atomic mass is 10.1. The zero-order valence-corrected chi connectivity index (χ0v) is 17.6. The highest BCUT2D eigenvalue weighted by Crippen LogP contribution is 2.24. The van der Waals surface area contributed by atoms with Gasteiger partial charge in [-0.2, -0.15) is 0 Å². The predicted molar refractivity (Wildman–Crippen MR) is 119 cm³/mol. The summed E-state index contributed by atoms with van der Waals surface area (Å²) < 4.78 is 10.4. The van der Waals surface area contributed by atoms with Gasteiger partial charge >= 0.3 is 0 Å². The molecule has 7 nitrogen and oxygen atoms in total. The van der Waals surface area contributed by atoms with E-state index in [0.29, 0.717) is 24.3 Å². The van der Waals surface area contributed by atoms with E-state index in [1.807, 2.05) is 42.2 Å². The third-order valence-electron chi connectivity index (χ3n) is 5.46. The van der Waals surface area contributed by atoms with Crippen LogP contribution in [0.15, 0.2) is 65.3 Å². The molecule has 31 heavy (non-hydrogen) atoms. The molecule has 0 saturated carbocycles. The second kappa shape index (κ2) is 8.95. The van der Waals surface area contributed by atoms with Gasteiger partial charge in [0.25, 0.3) is 11.8 Å². The molecule has 2 aromatic carbocycles. The number of nitrogens with one attached hydrogen (secondary N) is 1. The molecule has 0 radical (unpaired) electrons. The third-order valence-corrected chi connectivity index (χ3v) is 5.46. The first-order valence-corrected chi connectivity index (χ1v) is 10.2. The maximum Gasteiger partial charge on any atom is 0.291 e. The summed E-state index contributed by atoms with van der Waals surface area (Å²) in [6.45, 7) is 4.62. The summed E-state index contributed by atoms with van der Waals surface area (Å²) in [6.07, 6.45) is 1.45. The van der Waals surface area contributed by atoms with Gasteiger partial charge in [-0.25, -0.2) is 0 Å². The molecule has 2 heterocycles. The molecule has 2 amide bonds. The summed E-state index contributed by atoms with van der Waals surface area (Å²) in [5, 5.41) is 2.83. The molecule has 0 spiro atoms. The Balaban J connectivity index is 1.42. The van der Waals surface area contributed by atoms with Gasteiger partial charge in [-0.05, 0) is 48.9 Å². The second-order valence-corrected chi connectivity index (χ2v) is 7.44. The number of piperazine rings is 1. The van der Waals surface area contributed by atoms with Crippen LogP contribution in [-0.4, -0.2) is 50.0 Å². The maximum atomic E-state index is 13.1. The van der Waals surface area contributed by atoms with Crippen molar-refractivity contribution in [1.29, 1.82) is 0 Å². The molecule has 1 fully saturated rings. The lowest BCUT2D eigenvalue weighted by Crippen LogP contribution is -2.48. The van der Waals surface area contributed by atoms with Crippen LogP contribution in [0.3, 0.4) is 0 Å². The minimum Gasteiger partial charge on any atom is -0.497 e. The zero-order chi connectivity index (χ0) is 21.8. The van der Waals surface area contributed by atoms with Gasteiger partial charge in [0.15, 0.2) is 5.76 Å². The molecule has 1 aliphatic heterocycles. The number of aryl methyl sites for hydroxylation is 1. The smallest absolute Gasteiger partial charge is 0.291 e. The zero-order valence-electron chi connectivity index (χ0n) is 17.6. The fraction of sp³-hybridized carbons (Fsp3) is 0.250. The molecule has 4 rings (SSSR count). The molecule has 3 aromatic rings. The van der Waals surface area contributed by atoms with Crippen LogP contribution in [0.5, 0.6) is 5.75 Å². The molecule has 0 aliphatic carbocycles. The van der Waals surface area contributed by atoms with Gasteiger partial charge in [-0.3, -0.25) is 9.59 Å². The van der Waals surface area contributed by atoms with Gasteiger partial charge in [0.05, 0.1) is 13.4 Å². The Morgan fingerprint density at radius 1 is 1.00 bits per heavy atom. The van der Waals surface area contributed by atoms with Crippen molar-refractivity contribution in [1.82, 2.24) is 4.90 Å². The Morgan fingerprint density at radius 3 is 2.52 bits per heavy atom. The van der Waals surface area contributed by atoms with Crippen molar-refractivity contribution in [2.45, 2.75) is 6.92 Å². The van der Waals surface area contributed by atoms with Crippen molar-refractivity contribution in [2.24, 2.45) is 0 Å².